The van der Waals surface area contributed by atoms with E-state index in [4.69, 9.17) is 4.74 Å². The molecule has 3 atom stereocenters. The molecule has 1 nitrogen and oxygen atoms in total. The Balaban J connectivity index is 2.07. The van der Waals surface area contributed by atoms with E-state index < -0.39 is 0 Å². The minimum Gasteiger partial charge on any atom is -0.384 e. The summed E-state index contributed by atoms with van der Waals surface area (Å²) in [5, 5.41) is 0. The summed E-state index contributed by atoms with van der Waals surface area (Å²) >= 11 is 0. The number of hydrogen-bond donors (Lipinski definition) is 0. The largest absolute Gasteiger partial charge is 0.384 e. The molecule has 2 rings (SSSR count). The van der Waals surface area contributed by atoms with Crippen molar-refractivity contribution in [1.82, 2.24) is 0 Å². The second kappa shape index (κ2) is 5.14. The van der Waals surface area contributed by atoms with Crippen LogP contribution in [0.15, 0.2) is 11.6 Å². The number of allylic oxidation sites excluding steroid dienone is 2. The fourth-order valence-corrected chi connectivity index (χ4v) is 3.73. The Labute approximate surface area is 107 Å². The quantitative estimate of drug-likeness (QED) is 0.656. The smallest absolute Gasteiger partial charge is 0.0516 e. The van der Waals surface area contributed by atoms with Crippen LogP contribution in [0, 0.1) is 23.2 Å². The molecule has 1 fully saturated rings. The molecule has 0 aromatic heterocycles. The van der Waals surface area contributed by atoms with E-state index >= 15 is 0 Å². The van der Waals surface area contributed by atoms with Crippen LogP contribution in [0.4, 0.5) is 0 Å². The molecule has 0 N–H and O–H groups in total. The van der Waals surface area contributed by atoms with Gasteiger partial charge >= 0.3 is 0 Å². The number of ether oxygens (including phenoxy) is 1. The summed E-state index contributed by atoms with van der Waals surface area (Å²) in [6, 6.07) is 0. The summed E-state index contributed by atoms with van der Waals surface area (Å²) in [7, 11) is 1.82. The van der Waals surface area contributed by atoms with Crippen LogP contribution in [-0.2, 0) is 4.74 Å². The number of fused-ring (bicyclic) bond motifs is 2. The molecule has 0 spiro atoms. The highest BCUT2D eigenvalue weighted by molar-refractivity contribution is 5.13. The van der Waals surface area contributed by atoms with Gasteiger partial charge in [0.25, 0.3) is 0 Å². The van der Waals surface area contributed by atoms with E-state index in [1.54, 1.807) is 5.57 Å². The first kappa shape index (κ1) is 13.1. The fraction of sp³-hybridized carbons (Fsp3) is 0.875. The molecule has 1 heteroatoms. The SMILES string of the molecule is COCC(C)(C)C(C)C1C=C2CCCC(C2)C1. The van der Waals surface area contributed by atoms with E-state index in [-0.39, 0.29) is 0 Å². The zero-order valence-electron chi connectivity index (χ0n) is 12.0. The topological polar surface area (TPSA) is 9.23 Å². The standard InChI is InChI=1S/C16H28O/c1-12(16(2,3)11-17-4)15-9-13-6-5-7-14(8-13)10-15/h9,12,14-15H,5-8,10-11H2,1-4H3. The first-order valence-electron chi connectivity index (χ1n) is 7.21. The summed E-state index contributed by atoms with van der Waals surface area (Å²) in [6.45, 7) is 7.99. The predicted octanol–water partition coefficient (Wildman–Crippen LogP) is 4.43. The average molecular weight is 236 g/mol. The van der Waals surface area contributed by atoms with Crippen LogP contribution in [-0.4, -0.2) is 13.7 Å². The van der Waals surface area contributed by atoms with Crippen LogP contribution in [0.1, 0.15) is 52.9 Å². The minimum atomic E-state index is 0.294. The van der Waals surface area contributed by atoms with Gasteiger partial charge in [0.2, 0.25) is 0 Å². The van der Waals surface area contributed by atoms with Gasteiger partial charge in [-0.2, -0.15) is 0 Å². The highest BCUT2D eigenvalue weighted by Gasteiger charge is 2.35. The highest BCUT2D eigenvalue weighted by atomic mass is 16.5. The maximum Gasteiger partial charge on any atom is 0.0516 e. The van der Waals surface area contributed by atoms with Crippen LogP contribution in [0.2, 0.25) is 0 Å². The van der Waals surface area contributed by atoms with Gasteiger partial charge in [-0.3, -0.25) is 0 Å². The van der Waals surface area contributed by atoms with E-state index in [1.807, 2.05) is 7.11 Å². The Kier molecular flexibility index (Phi) is 3.97. The molecule has 17 heavy (non-hydrogen) atoms. The van der Waals surface area contributed by atoms with Crippen LogP contribution in [0.25, 0.3) is 0 Å². The number of rotatable bonds is 4. The molecular weight excluding hydrogens is 208 g/mol. The normalized spacial score (nSPS) is 30.9. The summed E-state index contributed by atoms with van der Waals surface area (Å²) < 4.78 is 5.39. The van der Waals surface area contributed by atoms with Gasteiger partial charge in [-0.1, -0.05) is 32.4 Å². The molecule has 0 radical (unpaired) electrons. The van der Waals surface area contributed by atoms with Crippen LogP contribution in [0.3, 0.4) is 0 Å². The summed E-state index contributed by atoms with van der Waals surface area (Å²) in [6.07, 6.45) is 9.68. The van der Waals surface area contributed by atoms with E-state index in [9.17, 15) is 0 Å². The number of hydrogen-bond acceptors (Lipinski definition) is 1. The molecule has 3 unspecified atom stereocenters. The monoisotopic (exact) mass is 236 g/mol. The van der Waals surface area contributed by atoms with Crippen LogP contribution >= 0.6 is 0 Å². The van der Waals surface area contributed by atoms with Gasteiger partial charge in [-0.15, -0.1) is 0 Å². The van der Waals surface area contributed by atoms with Crippen molar-refractivity contribution in [3.05, 3.63) is 11.6 Å². The minimum absolute atomic E-state index is 0.294. The van der Waals surface area contributed by atoms with Crippen molar-refractivity contribution in [2.45, 2.75) is 52.9 Å². The van der Waals surface area contributed by atoms with E-state index in [0.717, 1.165) is 24.4 Å². The molecule has 0 amide bonds. The lowest BCUT2D eigenvalue weighted by Gasteiger charge is -2.41. The lowest BCUT2D eigenvalue weighted by atomic mass is 9.65. The highest BCUT2D eigenvalue weighted by Crippen LogP contribution is 2.44. The van der Waals surface area contributed by atoms with E-state index in [0.29, 0.717) is 5.41 Å². The van der Waals surface area contributed by atoms with E-state index in [2.05, 4.69) is 26.8 Å². The first-order chi connectivity index (χ1) is 8.03. The zero-order chi connectivity index (χ0) is 12.5. The zero-order valence-corrected chi connectivity index (χ0v) is 12.0. The second-order valence-corrected chi connectivity index (χ2v) is 6.90. The van der Waals surface area contributed by atoms with E-state index in [1.165, 1.54) is 32.1 Å². The molecule has 2 aliphatic rings. The van der Waals surface area contributed by atoms with Gasteiger partial charge in [0.1, 0.15) is 0 Å². The molecule has 0 saturated heterocycles. The predicted molar refractivity (Wildman–Crippen MR) is 73.0 cm³/mol. The summed E-state index contributed by atoms with van der Waals surface area (Å²) in [5.74, 6) is 2.49. The molecule has 2 bridgehead atoms. The summed E-state index contributed by atoms with van der Waals surface area (Å²) in [5.41, 5.74) is 2.04. The van der Waals surface area contributed by atoms with Crippen LogP contribution in [0.5, 0.6) is 0 Å². The van der Waals surface area contributed by atoms with Gasteiger partial charge in [-0.25, -0.2) is 0 Å². The third-order valence-electron chi connectivity index (χ3n) is 5.11. The Hall–Kier alpha value is -0.300. The molecule has 0 heterocycles. The van der Waals surface area contributed by atoms with Gasteiger partial charge in [0.05, 0.1) is 6.61 Å². The third-order valence-corrected chi connectivity index (χ3v) is 5.11. The lowest BCUT2D eigenvalue weighted by molar-refractivity contribution is 0.0425. The Bertz CT molecular complexity index is 290. The van der Waals surface area contributed by atoms with Gasteiger partial charge in [0, 0.05) is 7.11 Å². The molecule has 2 aliphatic carbocycles. The van der Waals surface area contributed by atoms with Gasteiger partial charge in [-0.05, 0) is 55.3 Å². The third kappa shape index (κ3) is 2.93. The Morgan fingerprint density at radius 1 is 1.47 bits per heavy atom. The molecular formula is C16H28O. The average Bonchev–Trinajstić information content (AvgIpc) is 2.27. The Morgan fingerprint density at radius 3 is 2.88 bits per heavy atom. The first-order valence-corrected chi connectivity index (χ1v) is 7.21. The van der Waals surface area contributed by atoms with Gasteiger partial charge in [0.15, 0.2) is 0 Å². The summed E-state index contributed by atoms with van der Waals surface area (Å²) in [4.78, 5) is 0. The molecule has 1 saturated carbocycles. The molecule has 0 aliphatic heterocycles. The maximum atomic E-state index is 5.39. The van der Waals surface area contributed by atoms with Crippen molar-refractivity contribution >= 4 is 0 Å². The van der Waals surface area contributed by atoms with Crippen molar-refractivity contribution in [2.24, 2.45) is 23.2 Å². The molecule has 0 aromatic rings. The fourth-order valence-electron chi connectivity index (χ4n) is 3.73. The van der Waals surface area contributed by atoms with Crippen molar-refractivity contribution in [3.8, 4) is 0 Å². The van der Waals surface area contributed by atoms with Crippen molar-refractivity contribution in [3.63, 3.8) is 0 Å². The van der Waals surface area contributed by atoms with Crippen molar-refractivity contribution in [1.29, 1.82) is 0 Å². The molecule has 0 aromatic carbocycles. The maximum absolute atomic E-state index is 5.39. The van der Waals surface area contributed by atoms with Crippen molar-refractivity contribution < 1.29 is 4.74 Å². The number of methoxy groups -OCH3 is 1. The van der Waals surface area contributed by atoms with Crippen molar-refractivity contribution in [2.75, 3.05) is 13.7 Å². The Morgan fingerprint density at radius 2 is 2.24 bits per heavy atom. The second-order valence-electron chi connectivity index (χ2n) is 6.90. The van der Waals surface area contributed by atoms with Gasteiger partial charge < -0.3 is 4.74 Å². The lowest BCUT2D eigenvalue weighted by Crippen LogP contribution is -2.34. The van der Waals surface area contributed by atoms with Crippen LogP contribution < -0.4 is 0 Å². The molecule has 98 valence electrons.